The molecule has 0 saturated carbocycles. The number of carbonyl (C=O) groups excluding carboxylic acids is 1. The maximum atomic E-state index is 13.4. The van der Waals surface area contributed by atoms with Gasteiger partial charge in [-0.2, -0.15) is 0 Å². The van der Waals surface area contributed by atoms with Crippen molar-refractivity contribution in [1.82, 2.24) is 9.47 Å². The Kier molecular flexibility index (Phi) is 6.27. The van der Waals surface area contributed by atoms with Crippen LogP contribution in [0.5, 0.6) is 11.5 Å². The van der Waals surface area contributed by atoms with Gasteiger partial charge in [0.1, 0.15) is 0 Å². The van der Waals surface area contributed by atoms with Crippen molar-refractivity contribution in [3.63, 3.8) is 0 Å². The summed E-state index contributed by atoms with van der Waals surface area (Å²) in [5.41, 5.74) is 0.440. The van der Waals surface area contributed by atoms with Gasteiger partial charge in [-0.25, -0.2) is 0 Å². The number of carbonyl (C=O) groups is 1. The highest BCUT2D eigenvalue weighted by Crippen LogP contribution is 2.33. The van der Waals surface area contributed by atoms with Crippen LogP contribution in [0.2, 0.25) is 0 Å². The Morgan fingerprint density at radius 1 is 1.00 bits per heavy atom. The van der Waals surface area contributed by atoms with Gasteiger partial charge in [-0.15, -0.1) is 0 Å². The van der Waals surface area contributed by atoms with Gasteiger partial charge < -0.3 is 18.9 Å². The number of hydrogen-bond donors (Lipinski definition) is 0. The van der Waals surface area contributed by atoms with Crippen LogP contribution in [0.25, 0.3) is 10.8 Å². The summed E-state index contributed by atoms with van der Waals surface area (Å²) in [5, 5.41) is 1.11. The van der Waals surface area contributed by atoms with Gasteiger partial charge in [0.05, 0.1) is 25.2 Å². The van der Waals surface area contributed by atoms with Gasteiger partial charge in [0.25, 0.3) is 11.5 Å². The second-order valence-corrected chi connectivity index (χ2v) is 7.85. The molecule has 3 rings (SSSR count). The highest BCUT2D eigenvalue weighted by molar-refractivity contribution is 6.07. The highest BCUT2D eigenvalue weighted by Gasteiger charge is 2.23. The van der Waals surface area contributed by atoms with Crippen molar-refractivity contribution in [3.05, 3.63) is 34.2 Å². The Hall–Kier alpha value is -2.50. The van der Waals surface area contributed by atoms with Gasteiger partial charge >= 0.3 is 0 Å². The molecule has 0 bridgehead atoms. The minimum atomic E-state index is -0.114. The van der Waals surface area contributed by atoms with Crippen LogP contribution in [0.15, 0.2) is 23.1 Å². The third kappa shape index (κ3) is 4.01. The summed E-state index contributed by atoms with van der Waals surface area (Å²) in [5.74, 6) is 1.27. The van der Waals surface area contributed by atoms with E-state index in [1.54, 1.807) is 37.1 Å². The lowest BCUT2D eigenvalue weighted by molar-refractivity contribution is 0.0762. The number of benzene rings is 1. The number of aromatic nitrogens is 1. The van der Waals surface area contributed by atoms with Crippen LogP contribution in [0.4, 0.5) is 0 Å². The Bertz CT molecular complexity index is 909. The average Bonchev–Trinajstić information content (AvgIpc) is 2.97. The van der Waals surface area contributed by atoms with Crippen LogP contribution in [-0.2, 0) is 6.54 Å². The number of rotatable bonds is 5. The summed E-state index contributed by atoms with van der Waals surface area (Å²) in [6.07, 6.45) is 6.08. The number of hydrogen-bond acceptors (Lipinski definition) is 4. The van der Waals surface area contributed by atoms with Crippen LogP contribution in [0, 0.1) is 5.92 Å². The molecule has 28 heavy (non-hydrogen) atoms. The molecule has 0 N–H and O–H groups in total. The monoisotopic (exact) mass is 386 g/mol. The minimum Gasteiger partial charge on any atom is -0.493 e. The number of fused-ring (bicyclic) bond motifs is 1. The zero-order valence-corrected chi connectivity index (χ0v) is 17.3. The summed E-state index contributed by atoms with van der Waals surface area (Å²) in [6.45, 7) is 6.19. The van der Waals surface area contributed by atoms with E-state index in [0.717, 1.165) is 38.8 Å². The van der Waals surface area contributed by atoms with E-state index in [-0.39, 0.29) is 17.4 Å². The smallest absolute Gasteiger partial charge is 0.258 e. The first-order valence-corrected chi connectivity index (χ1v) is 10.0. The van der Waals surface area contributed by atoms with Crippen molar-refractivity contribution >= 4 is 16.7 Å². The van der Waals surface area contributed by atoms with E-state index in [1.165, 1.54) is 0 Å². The lowest BCUT2D eigenvalue weighted by Gasteiger charge is -2.22. The molecule has 0 unspecified atom stereocenters. The molecule has 6 heteroatoms. The zero-order chi connectivity index (χ0) is 20.3. The summed E-state index contributed by atoms with van der Waals surface area (Å²) < 4.78 is 12.5. The van der Waals surface area contributed by atoms with Crippen molar-refractivity contribution in [2.75, 3.05) is 27.3 Å². The Balaban J connectivity index is 2.21. The minimum absolute atomic E-state index is 0.0170. The predicted molar refractivity (Wildman–Crippen MR) is 111 cm³/mol. The van der Waals surface area contributed by atoms with Crippen molar-refractivity contribution in [2.45, 2.75) is 46.1 Å². The van der Waals surface area contributed by atoms with Gasteiger partial charge in [-0.1, -0.05) is 26.7 Å². The highest BCUT2D eigenvalue weighted by atomic mass is 16.5. The summed E-state index contributed by atoms with van der Waals surface area (Å²) in [6, 6.07) is 3.44. The van der Waals surface area contributed by atoms with Gasteiger partial charge in [-0.05, 0) is 30.9 Å². The quantitative estimate of drug-likeness (QED) is 0.786. The van der Waals surface area contributed by atoms with E-state index in [0.29, 0.717) is 34.4 Å². The molecular weight excluding hydrogens is 356 g/mol. The van der Waals surface area contributed by atoms with E-state index in [9.17, 15) is 9.59 Å². The molecule has 6 nitrogen and oxygen atoms in total. The molecule has 1 aliphatic heterocycles. The number of pyridine rings is 1. The molecule has 2 aromatic rings. The maximum Gasteiger partial charge on any atom is 0.258 e. The van der Waals surface area contributed by atoms with Crippen LogP contribution in [0.1, 0.15) is 49.9 Å². The first-order valence-electron chi connectivity index (χ1n) is 10.0. The van der Waals surface area contributed by atoms with E-state index in [2.05, 4.69) is 13.8 Å². The predicted octanol–water partition coefficient (Wildman–Crippen LogP) is 3.69. The third-order valence-corrected chi connectivity index (χ3v) is 5.28. The van der Waals surface area contributed by atoms with Gasteiger partial charge in [0.15, 0.2) is 11.5 Å². The summed E-state index contributed by atoms with van der Waals surface area (Å²) >= 11 is 0. The molecule has 2 heterocycles. The fourth-order valence-electron chi connectivity index (χ4n) is 3.86. The first-order chi connectivity index (χ1) is 13.5. The van der Waals surface area contributed by atoms with E-state index < -0.39 is 0 Å². The largest absolute Gasteiger partial charge is 0.493 e. The fourth-order valence-corrected chi connectivity index (χ4v) is 3.86. The van der Waals surface area contributed by atoms with Crippen LogP contribution in [-0.4, -0.2) is 42.7 Å². The zero-order valence-electron chi connectivity index (χ0n) is 17.3. The molecule has 152 valence electrons. The molecule has 0 atom stereocenters. The normalized spacial score (nSPS) is 15.0. The van der Waals surface area contributed by atoms with E-state index in [1.807, 2.05) is 4.90 Å². The topological polar surface area (TPSA) is 60.8 Å². The number of methoxy groups -OCH3 is 2. The second-order valence-electron chi connectivity index (χ2n) is 7.85. The lowest BCUT2D eigenvalue weighted by atomic mass is 10.0. The van der Waals surface area contributed by atoms with Crippen LogP contribution in [0.3, 0.4) is 0 Å². The molecule has 1 aromatic carbocycles. The van der Waals surface area contributed by atoms with Crippen molar-refractivity contribution in [1.29, 1.82) is 0 Å². The van der Waals surface area contributed by atoms with Crippen LogP contribution < -0.4 is 15.0 Å². The molecule has 1 fully saturated rings. The molecular formula is C22H30N2O4. The molecule has 1 amide bonds. The van der Waals surface area contributed by atoms with E-state index >= 15 is 0 Å². The molecule has 0 radical (unpaired) electrons. The number of ether oxygens (including phenoxy) is 2. The first kappa shape index (κ1) is 20.2. The number of amides is 1. The molecule has 1 aliphatic rings. The SMILES string of the molecule is COc1cc2c(C(=O)N3CCCCCC3)cn(CC(C)C)c(=O)c2cc1OC. The second kappa shape index (κ2) is 8.67. The molecule has 0 aliphatic carbocycles. The fraction of sp³-hybridized carbons (Fsp3) is 0.545. The Morgan fingerprint density at radius 2 is 1.57 bits per heavy atom. The van der Waals surface area contributed by atoms with Gasteiger partial charge in [0, 0.05) is 31.2 Å². The van der Waals surface area contributed by atoms with E-state index in [4.69, 9.17) is 9.47 Å². The Morgan fingerprint density at radius 3 is 2.11 bits per heavy atom. The molecule has 1 aromatic heterocycles. The third-order valence-electron chi connectivity index (χ3n) is 5.28. The van der Waals surface area contributed by atoms with Gasteiger partial charge in [-0.3, -0.25) is 9.59 Å². The number of likely N-dealkylation sites (tertiary alicyclic amines) is 1. The van der Waals surface area contributed by atoms with Crippen molar-refractivity contribution in [3.8, 4) is 11.5 Å². The number of nitrogens with zero attached hydrogens (tertiary/aromatic N) is 2. The molecule has 1 saturated heterocycles. The standard InChI is InChI=1S/C22H30N2O4/c1-15(2)13-24-14-18(22(26)23-9-7-5-6-8-10-23)16-11-19(27-3)20(28-4)12-17(16)21(24)25/h11-12,14-15H,5-10,13H2,1-4H3. The summed E-state index contributed by atoms with van der Waals surface area (Å²) in [7, 11) is 3.10. The van der Waals surface area contributed by atoms with Crippen molar-refractivity contribution < 1.29 is 14.3 Å². The molecule has 0 spiro atoms. The average molecular weight is 386 g/mol. The van der Waals surface area contributed by atoms with Crippen LogP contribution >= 0.6 is 0 Å². The van der Waals surface area contributed by atoms with Crippen molar-refractivity contribution in [2.24, 2.45) is 5.92 Å². The maximum absolute atomic E-state index is 13.4. The van der Waals surface area contributed by atoms with Gasteiger partial charge in [0.2, 0.25) is 0 Å². The lowest BCUT2D eigenvalue weighted by Crippen LogP contribution is -2.33. The summed E-state index contributed by atoms with van der Waals surface area (Å²) in [4.78, 5) is 28.4. The Labute approximate surface area is 166 Å².